The van der Waals surface area contributed by atoms with E-state index in [1.54, 1.807) is 0 Å². The molecule has 0 aliphatic rings. The molecule has 0 radical (unpaired) electrons. The number of hydrogen-bond acceptors (Lipinski definition) is 7. The highest BCUT2D eigenvalue weighted by Gasteiger charge is 2.20. The van der Waals surface area contributed by atoms with E-state index in [2.05, 4.69) is 17.9 Å². The summed E-state index contributed by atoms with van der Waals surface area (Å²) in [6.07, 6.45) is 10.7. The first-order valence-electron chi connectivity index (χ1n) is 11.6. The van der Waals surface area contributed by atoms with Crippen LogP contribution in [-0.2, 0) is 28.6 Å². The van der Waals surface area contributed by atoms with Crippen LogP contribution in [0.15, 0.2) is 0 Å². The molecule has 0 aliphatic carbocycles. The van der Waals surface area contributed by atoms with E-state index in [-0.39, 0.29) is 26.1 Å². The largest absolute Gasteiger partial charge is 0.481 e. The van der Waals surface area contributed by atoms with Crippen LogP contribution in [0.4, 0.5) is 0 Å². The summed E-state index contributed by atoms with van der Waals surface area (Å²) in [5.41, 5.74) is 0. The summed E-state index contributed by atoms with van der Waals surface area (Å²) in [6, 6.07) is -1.25. The van der Waals surface area contributed by atoms with Crippen molar-refractivity contribution in [3.8, 4) is 0 Å². The lowest BCUT2D eigenvalue weighted by Gasteiger charge is -2.13. The Kier molecular flexibility index (Phi) is 21.9. The Hall–Kier alpha value is -1.36. The number of hydrogen-bond donors (Lipinski definition) is 4. The van der Waals surface area contributed by atoms with Crippen LogP contribution in [0.1, 0.15) is 70.6 Å². The fourth-order valence-corrected chi connectivity index (χ4v) is 3.14. The summed E-state index contributed by atoms with van der Waals surface area (Å²) < 4.78 is 16.0. The van der Waals surface area contributed by atoms with Gasteiger partial charge < -0.3 is 29.7 Å². The van der Waals surface area contributed by atoms with Gasteiger partial charge in [0.1, 0.15) is 12.6 Å². The molecule has 0 aromatic carbocycles. The van der Waals surface area contributed by atoms with Gasteiger partial charge in [0.25, 0.3) is 0 Å². The van der Waals surface area contributed by atoms with Gasteiger partial charge in [0.05, 0.1) is 26.4 Å². The minimum atomic E-state index is -1.28. The predicted octanol–water partition coefficient (Wildman–Crippen LogP) is 2.91. The molecule has 0 bridgehead atoms. The standard InChI is InChI=1S/C22H41NO8S/c24-20(23-19(22(27)28)10-11-21(25)26)18-31-16-15-30-14-13-29-12-8-6-4-2-1-3-5-7-9-17-32/h19,32H,1-18H2,(H,23,24)(H,25,26)(H,27,28)/t19-/m0/s1. The molecule has 0 saturated heterocycles. The summed E-state index contributed by atoms with van der Waals surface area (Å²) in [4.78, 5) is 33.2. The average Bonchev–Trinajstić information content (AvgIpc) is 2.75. The number of ether oxygens (including phenoxy) is 3. The number of rotatable bonds is 24. The highest BCUT2D eigenvalue weighted by molar-refractivity contribution is 7.80. The van der Waals surface area contributed by atoms with E-state index in [0.717, 1.165) is 18.8 Å². The maximum atomic E-state index is 11.7. The summed E-state index contributed by atoms with van der Waals surface area (Å²) in [5.74, 6) is -2.02. The Bertz CT molecular complexity index is 493. The van der Waals surface area contributed by atoms with Gasteiger partial charge in [0, 0.05) is 13.0 Å². The number of carbonyl (C=O) groups excluding carboxylic acids is 1. The zero-order valence-electron chi connectivity index (χ0n) is 19.1. The van der Waals surface area contributed by atoms with Crippen molar-refractivity contribution in [2.45, 2.75) is 76.7 Å². The number of carbonyl (C=O) groups is 3. The molecule has 10 heteroatoms. The summed E-state index contributed by atoms with van der Waals surface area (Å²) in [6.45, 7) is 1.86. The van der Waals surface area contributed by atoms with Crippen molar-refractivity contribution in [3.05, 3.63) is 0 Å². The molecule has 0 aromatic rings. The Morgan fingerprint density at radius 1 is 0.719 bits per heavy atom. The molecule has 32 heavy (non-hydrogen) atoms. The molecule has 188 valence electrons. The Labute approximate surface area is 197 Å². The Morgan fingerprint density at radius 3 is 1.75 bits per heavy atom. The van der Waals surface area contributed by atoms with Crippen molar-refractivity contribution in [1.82, 2.24) is 5.32 Å². The first-order chi connectivity index (χ1) is 15.5. The number of unbranched alkanes of at least 4 members (excludes halogenated alkanes) is 8. The molecular weight excluding hydrogens is 438 g/mol. The average molecular weight is 480 g/mol. The zero-order chi connectivity index (χ0) is 23.9. The van der Waals surface area contributed by atoms with Crippen LogP contribution in [0.25, 0.3) is 0 Å². The first-order valence-corrected chi connectivity index (χ1v) is 12.2. The minimum Gasteiger partial charge on any atom is -0.481 e. The summed E-state index contributed by atoms with van der Waals surface area (Å²) in [5, 5.41) is 19.8. The van der Waals surface area contributed by atoms with Crippen LogP contribution in [0.2, 0.25) is 0 Å². The normalized spacial score (nSPS) is 11.9. The Balaban J connectivity index is 3.38. The summed E-state index contributed by atoms with van der Waals surface area (Å²) in [7, 11) is 0. The molecule has 0 aromatic heterocycles. The van der Waals surface area contributed by atoms with Crippen molar-refractivity contribution >= 4 is 30.5 Å². The topological polar surface area (TPSA) is 131 Å². The molecule has 0 heterocycles. The van der Waals surface area contributed by atoms with Gasteiger partial charge in [-0.05, 0) is 25.0 Å². The number of thiol groups is 1. The predicted molar refractivity (Wildman–Crippen MR) is 124 cm³/mol. The van der Waals surface area contributed by atoms with Gasteiger partial charge in [0.15, 0.2) is 0 Å². The van der Waals surface area contributed by atoms with Crippen LogP contribution >= 0.6 is 12.6 Å². The van der Waals surface area contributed by atoms with Crippen molar-refractivity contribution in [2.24, 2.45) is 0 Å². The molecule has 0 aliphatic heterocycles. The number of carboxylic acids is 2. The third kappa shape index (κ3) is 21.9. The highest BCUT2D eigenvalue weighted by atomic mass is 32.1. The lowest BCUT2D eigenvalue weighted by Crippen LogP contribution is -2.42. The number of nitrogens with one attached hydrogen (secondary N) is 1. The SMILES string of the molecule is O=C(O)CC[C@H](NC(=O)COCCOCCOCCCCCCCCCCCS)C(=O)O. The second-order valence-corrected chi connectivity index (χ2v) is 8.02. The Morgan fingerprint density at radius 2 is 1.22 bits per heavy atom. The van der Waals surface area contributed by atoms with E-state index in [1.807, 2.05) is 0 Å². The van der Waals surface area contributed by atoms with Crippen LogP contribution in [0.5, 0.6) is 0 Å². The first kappa shape index (κ1) is 30.6. The van der Waals surface area contributed by atoms with Gasteiger partial charge >= 0.3 is 11.9 Å². The second-order valence-electron chi connectivity index (χ2n) is 7.57. The monoisotopic (exact) mass is 479 g/mol. The smallest absolute Gasteiger partial charge is 0.326 e. The minimum absolute atomic E-state index is 0.184. The van der Waals surface area contributed by atoms with Crippen LogP contribution in [0.3, 0.4) is 0 Å². The summed E-state index contributed by atoms with van der Waals surface area (Å²) >= 11 is 4.22. The van der Waals surface area contributed by atoms with E-state index in [0.29, 0.717) is 19.8 Å². The van der Waals surface area contributed by atoms with Gasteiger partial charge in [-0.1, -0.05) is 44.9 Å². The van der Waals surface area contributed by atoms with E-state index in [1.165, 1.54) is 51.4 Å². The molecule has 0 fully saturated rings. The van der Waals surface area contributed by atoms with E-state index in [9.17, 15) is 14.4 Å². The number of carboxylic acid groups (broad SMARTS) is 2. The molecule has 9 nitrogen and oxygen atoms in total. The molecule has 1 atom stereocenters. The maximum Gasteiger partial charge on any atom is 0.326 e. The van der Waals surface area contributed by atoms with Gasteiger partial charge in [-0.2, -0.15) is 12.6 Å². The van der Waals surface area contributed by atoms with E-state index < -0.39 is 23.9 Å². The van der Waals surface area contributed by atoms with Gasteiger partial charge in [-0.25, -0.2) is 4.79 Å². The highest BCUT2D eigenvalue weighted by Crippen LogP contribution is 2.10. The van der Waals surface area contributed by atoms with E-state index in [4.69, 9.17) is 24.4 Å². The lowest BCUT2D eigenvalue weighted by molar-refractivity contribution is -0.143. The quantitative estimate of drug-likeness (QED) is 0.123. The second kappa shape index (κ2) is 22.8. The maximum absolute atomic E-state index is 11.7. The molecule has 0 unspecified atom stereocenters. The molecular formula is C22H41NO8S. The van der Waals surface area contributed by atoms with E-state index >= 15 is 0 Å². The fourth-order valence-electron chi connectivity index (χ4n) is 2.92. The fraction of sp³-hybridized carbons (Fsp3) is 0.864. The molecule has 1 amide bonds. The third-order valence-corrected chi connectivity index (χ3v) is 5.02. The number of amides is 1. The van der Waals surface area contributed by atoms with Crippen LogP contribution in [-0.4, -0.2) is 79.5 Å². The molecule has 0 rings (SSSR count). The molecule has 3 N–H and O–H groups in total. The van der Waals surface area contributed by atoms with Crippen molar-refractivity contribution < 1.29 is 38.8 Å². The van der Waals surface area contributed by atoms with Crippen LogP contribution in [0, 0.1) is 0 Å². The van der Waals surface area contributed by atoms with Gasteiger partial charge in [0.2, 0.25) is 5.91 Å². The van der Waals surface area contributed by atoms with Crippen LogP contribution < -0.4 is 5.32 Å². The number of aliphatic carboxylic acids is 2. The lowest BCUT2D eigenvalue weighted by atomic mass is 10.1. The van der Waals surface area contributed by atoms with Crippen molar-refractivity contribution in [1.29, 1.82) is 0 Å². The van der Waals surface area contributed by atoms with Crippen molar-refractivity contribution in [2.75, 3.05) is 45.4 Å². The van der Waals surface area contributed by atoms with Crippen molar-refractivity contribution in [3.63, 3.8) is 0 Å². The molecule has 0 spiro atoms. The van der Waals surface area contributed by atoms with Gasteiger partial charge in [-0.15, -0.1) is 0 Å². The molecule has 0 saturated carbocycles. The third-order valence-electron chi connectivity index (χ3n) is 4.70. The zero-order valence-corrected chi connectivity index (χ0v) is 20.0. The van der Waals surface area contributed by atoms with Gasteiger partial charge in [-0.3, -0.25) is 9.59 Å².